The second-order valence-electron chi connectivity index (χ2n) is 4.38. The van der Waals surface area contributed by atoms with Crippen molar-refractivity contribution in [1.29, 1.82) is 0 Å². The molecule has 0 radical (unpaired) electrons. The Morgan fingerprint density at radius 2 is 2.43 bits per heavy atom. The van der Waals surface area contributed by atoms with Gasteiger partial charge in [-0.2, -0.15) is 5.10 Å². The predicted octanol–water partition coefficient (Wildman–Crippen LogP) is 1.71. The van der Waals surface area contributed by atoms with E-state index in [-0.39, 0.29) is 0 Å². The minimum Gasteiger partial charge on any atom is -0.319 e. The molecule has 1 unspecified atom stereocenters. The summed E-state index contributed by atoms with van der Waals surface area (Å²) in [6.07, 6.45) is 4.53. The summed E-state index contributed by atoms with van der Waals surface area (Å²) in [5, 5.41) is 7.71. The van der Waals surface area contributed by atoms with Crippen molar-refractivity contribution in [1.82, 2.24) is 15.1 Å². The normalized spacial score (nSPS) is 20.4. The standard InChI is InChI=1S/C11H19N3/c1-8(2)14-11-5-4-9(6-12-3)10(11)7-13-14/h7-9,12H,4-6H2,1-3H3. The zero-order valence-electron chi connectivity index (χ0n) is 9.25. The summed E-state index contributed by atoms with van der Waals surface area (Å²) in [5.74, 6) is 0.683. The Morgan fingerprint density at radius 3 is 3.07 bits per heavy atom. The Morgan fingerprint density at radius 1 is 1.64 bits per heavy atom. The Balaban J connectivity index is 2.25. The molecule has 14 heavy (non-hydrogen) atoms. The largest absolute Gasteiger partial charge is 0.319 e. The zero-order valence-corrected chi connectivity index (χ0v) is 9.25. The first kappa shape index (κ1) is 9.71. The summed E-state index contributed by atoms with van der Waals surface area (Å²) in [4.78, 5) is 0. The van der Waals surface area contributed by atoms with Crippen LogP contribution in [0.25, 0.3) is 0 Å². The number of hydrogen-bond acceptors (Lipinski definition) is 2. The van der Waals surface area contributed by atoms with Crippen molar-refractivity contribution in [3.05, 3.63) is 17.5 Å². The number of rotatable bonds is 3. The molecule has 1 aromatic heterocycles. The Bertz CT molecular complexity index is 314. The summed E-state index contributed by atoms with van der Waals surface area (Å²) >= 11 is 0. The van der Waals surface area contributed by atoms with Gasteiger partial charge in [-0.3, -0.25) is 4.68 Å². The maximum absolute atomic E-state index is 4.46. The van der Waals surface area contributed by atoms with Crippen molar-refractivity contribution in [3.8, 4) is 0 Å². The molecule has 0 aliphatic heterocycles. The molecule has 1 aromatic rings. The second kappa shape index (κ2) is 3.73. The van der Waals surface area contributed by atoms with Gasteiger partial charge in [-0.15, -0.1) is 0 Å². The van der Waals surface area contributed by atoms with E-state index in [1.54, 1.807) is 0 Å². The molecular formula is C11H19N3. The van der Waals surface area contributed by atoms with E-state index >= 15 is 0 Å². The van der Waals surface area contributed by atoms with Gasteiger partial charge in [-0.25, -0.2) is 0 Å². The molecule has 0 aromatic carbocycles. The fraction of sp³-hybridized carbons (Fsp3) is 0.727. The van der Waals surface area contributed by atoms with Crippen molar-refractivity contribution < 1.29 is 0 Å². The molecule has 0 fully saturated rings. The summed E-state index contributed by atoms with van der Waals surface area (Å²) in [6, 6.07) is 0.493. The van der Waals surface area contributed by atoms with Crippen LogP contribution in [0.1, 0.15) is 43.5 Å². The predicted molar refractivity (Wildman–Crippen MR) is 57.6 cm³/mol. The number of nitrogens with one attached hydrogen (secondary N) is 1. The van der Waals surface area contributed by atoms with Crippen molar-refractivity contribution >= 4 is 0 Å². The van der Waals surface area contributed by atoms with E-state index in [2.05, 4.69) is 35.1 Å². The van der Waals surface area contributed by atoms with Gasteiger partial charge >= 0.3 is 0 Å². The van der Waals surface area contributed by atoms with Crippen LogP contribution in [0.4, 0.5) is 0 Å². The molecule has 1 aliphatic carbocycles. The number of nitrogens with zero attached hydrogens (tertiary/aromatic N) is 2. The molecule has 1 heterocycles. The maximum atomic E-state index is 4.46. The van der Waals surface area contributed by atoms with Gasteiger partial charge in [-0.05, 0) is 39.3 Å². The Hall–Kier alpha value is -0.830. The molecule has 0 saturated carbocycles. The van der Waals surface area contributed by atoms with E-state index in [9.17, 15) is 0 Å². The Labute approximate surface area is 85.5 Å². The molecule has 0 bridgehead atoms. The quantitative estimate of drug-likeness (QED) is 0.792. The van der Waals surface area contributed by atoms with Crippen LogP contribution in [-0.4, -0.2) is 23.4 Å². The van der Waals surface area contributed by atoms with Gasteiger partial charge in [-0.1, -0.05) is 0 Å². The Kier molecular flexibility index (Phi) is 2.59. The van der Waals surface area contributed by atoms with Gasteiger partial charge in [0.15, 0.2) is 0 Å². The van der Waals surface area contributed by atoms with Crippen LogP contribution in [0.15, 0.2) is 6.20 Å². The second-order valence-corrected chi connectivity index (χ2v) is 4.38. The summed E-state index contributed by atoms with van der Waals surface area (Å²) in [7, 11) is 2.02. The first-order chi connectivity index (χ1) is 6.74. The molecule has 0 amide bonds. The molecular weight excluding hydrogens is 174 g/mol. The highest BCUT2D eigenvalue weighted by Gasteiger charge is 2.26. The number of likely N-dealkylation sites (N-methyl/N-ethyl adjacent to an activating group) is 1. The highest BCUT2D eigenvalue weighted by molar-refractivity contribution is 5.28. The topological polar surface area (TPSA) is 29.9 Å². The maximum Gasteiger partial charge on any atom is 0.0528 e. The third kappa shape index (κ3) is 1.46. The van der Waals surface area contributed by atoms with Crippen LogP contribution in [0.5, 0.6) is 0 Å². The van der Waals surface area contributed by atoms with E-state index in [0.29, 0.717) is 12.0 Å². The van der Waals surface area contributed by atoms with E-state index in [1.165, 1.54) is 24.1 Å². The number of aromatic nitrogens is 2. The summed E-state index contributed by atoms with van der Waals surface area (Å²) in [5.41, 5.74) is 2.92. The summed E-state index contributed by atoms with van der Waals surface area (Å²) in [6.45, 7) is 5.47. The highest BCUT2D eigenvalue weighted by Crippen LogP contribution is 2.33. The first-order valence-electron chi connectivity index (χ1n) is 5.45. The van der Waals surface area contributed by atoms with Crippen LogP contribution in [-0.2, 0) is 6.42 Å². The molecule has 78 valence electrons. The average molecular weight is 193 g/mol. The highest BCUT2D eigenvalue weighted by atomic mass is 15.3. The van der Waals surface area contributed by atoms with Crippen molar-refractivity contribution in [2.75, 3.05) is 13.6 Å². The average Bonchev–Trinajstić information content (AvgIpc) is 2.67. The molecule has 0 spiro atoms. The monoisotopic (exact) mass is 193 g/mol. The van der Waals surface area contributed by atoms with E-state index in [1.807, 2.05) is 7.05 Å². The van der Waals surface area contributed by atoms with Crippen LogP contribution < -0.4 is 5.32 Å². The van der Waals surface area contributed by atoms with E-state index in [0.717, 1.165) is 6.54 Å². The van der Waals surface area contributed by atoms with Gasteiger partial charge in [0.25, 0.3) is 0 Å². The van der Waals surface area contributed by atoms with Crippen LogP contribution in [0.2, 0.25) is 0 Å². The van der Waals surface area contributed by atoms with E-state index < -0.39 is 0 Å². The van der Waals surface area contributed by atoms with Gasteiger partial charge < -0.3 is 5.32 Å². The molecule has 2 rings (SSSR count). The van der Waals surface area contributed by atoms with Gasteiger partial charge in [0.05, 0.1) is 6.20 Å². The third-order valence-electron chi connectivity index (χ3n) is 3.04. The van der Waals surface area contributed by atoms with Gasteiger partial charge in [0.2, 0.25) is 0 Å². The molecule has 1 N–H and O–H groups in total. The fourth-order valence-electron chi connectivity index (χ4n) is 2.37. The third-order valence-corrected chi connectivity index (χ3v) is 3.04. The number of fused-ring (bicyclic) bond motifs is 1. The minimum absolute atomic E-state index is 0.493. The molecule has 1 atom stereocenters. The lowest BCUT2D eigenvalue weighted by molar-refractivity contribution is 0.508. The smallest absolute Gasteiger partial charge is 0.0528 e. The molecule has 0 saturated heterocycles. The van der Waals surface area contributed by atoms with Crippen LogP contribution in [0.3, 0.4) is 0 Å². The minimum atomic E-state index is 0.493. The van der Waals surface area contributed by atoms with Gasteiger partial charge in [0, 0.05) is 24.2 Å². The fourth-order valence-corrected chi connectivity index (χ4v) is 2.37. The van der Waals surface area contributed by atoms with Crippen molar-refractivity contribution in [2.45, 2.75) is 38.6 Å². The zero-order chi connectivity index (χ0) is 10.1. The summed E-state index contributed by atoms with van der Waals surface area (Å²) < 4.78 is 2.17. The lowest BCUT2D eigenvalue weighted by Crippen LogP contribution is -2.14. The lowest BCUT2D eigenvalue weighted by Gasteiger charge is -2.08. The molecule has 3 heteroatoms. The van der Waals surface area contributed by atoms with E-state index in [4.69, 9.17) is 0 Å². The lowest BCUT2D eigenvalue weighted by atomic mass is 10.1. The van der Waals surface area contributed by atoms with Gasteiger partial charge in [0.1, 0.15) is 0 Å². The van der Waals surface area contributed by atoms with Crippen LogP contribution >= 0.6 is 0 Å². The SMILES string of the molecule is CNCC1CCc2c1cnn2C(C)C. The van der Waals surface area contributed by atoms with Crippen molar-refractivity contribution in [3.63, 3.8) is 0 Å². The first-order valence-corrected chi connectivity index (χ1v) is 5.45. The van der Waals surface area contributed by atoms with Crippen molar-refractivity contribution in [2.24, 2.45) is 0 Å². The van der Waals surface area contributed by atoms with Crippen LogP contribution in [0, 0.1) is 0 Å². The molecule has 1 aliphatic rings. The number of hydrogen-bond donors (Lipinski definition) is 1. The molecule has 3 nitrogen and oxygen atoms in total.